The molecule has 0 bridgehead atoms. The molecule has 2 N–H and O–H groups in total. The Bertz CT molecular complexity index is 1590. The summed E-state index contributed by atoms with van der Waals surface area (Å²) in [6.07, 6.45) is 3.51. The van der Waals surface area contributed by atoms with Crippen LogP contribution in [0.1, 0.15) is 31.4 Å². The molecule has 1 saturated carbocycles. The van der Waals surface area contributed by atoms with Crippen molar-refractivity contribution in [3.05, 3.63) is 60.4 Å². The average molecular weight is 559 g/mol. The summed E-state index contributed by atoms with van der Waals surface area (Å²) in [6.45, 7) is 4.91. The number of halogens is 2. The van der Waals surface area contributed by atoms with Gasteiger partial charge in [-0.3, -0.25) is 9.69 Å². The summed E-state index contributed by atoms with van der Waals surface area (Å²) < 4.78 is 26.6. The molecule has 2 aromatic carbocycles. The predicted octanol–water partition coefficient (Wildman–Crippen LogP) is 4.83. The van der Waals surface area contributed by atoms with Crippen LogP contribution in [0, 0.1) is 5.92 Å². The smallest absolute Gasteiger partial charge is 0.282 e. The minimum atomic E-state index is -2.66. The number of carbonyl (C=O) groups is 1. The van der Waals surface area contributed by atoms with E-state index in [4.69, 9.17) is 4.98 Å². The molecule has 3 fully saturated rings. The molecule has 0 spiro atoms. The van der Waals surface area contributed by atoms with Crippen molar-refractivity contribution in [3.63, 3.8) is 0 Å². The molecule has 1 atom stereocenters. The Labute approximate surface area is 236 Å². The lowest BCUT2D eigenvalue weighted by Gasteiger charge is -2.39. The number of alkyl halides is 2. The number of fused-ring (bicyclic) bond motifs is 1. The van der Waals surface area contributed by atoms with Gasteiger partial charge in [0.1, 0.15) is 12.1 Å². The van der Waals surface area contributed by atoms with Crippen molar-refractivity contribution in [3.8, 4) is 11.3 Å². The highest BCUT2D eigenvalue weighted by Crippen LogP contribution is 2.34. The second kappa shape index (κ2) is 10.1. The first-order chi connectivity index (χ1) is 19.8. The number of imidazole rings is 1. The lowest BCUT2D eigenvalue weighted by atomic mass is 10.1. The molecule has 41 heavy (non-hydrogen) atoms. The molecule has 9 nitrogen and oxygen atoms in total. The van der Waals surface area contributed by atoms with Gasteiger partial charge in [0.15, 0.2) is 0 Å². The summed E-state index contributed by atoms with van der Waals surface area (Å²) in [5.41, 5.74) is 5.28. The SMILES string of the molecule is CC(c1cccc(Nc2nc3ccc(-c4cc(N5CC(F)(F)C5)ncn4)cc3[nH]2)c1)N1CCN(C(=O)C2CC2)CC1. The number of anilines is 3. The molecule has 3 aliphatic rings. The van der Waals surface area contributed by atoms with Crippen molar-refractivity contribution < 1.29 is 13.6 Å². The Morgan fingerprint density at radius 1 is 1.05 bits per heavy atom. The fourth-order valence-electron chi connectivity index (χ4n) is 5.72. The molecule has 2 aliphatic heterocycles. The summed E-state index contributed by atoms with van der Waals surface area (Å²) in [7, 11) is 0. The highest BCUT2D eigenvalue weighted by molar-refractivity contribution is 5.84. The van der Waals surface area contributed by atoms with E-state index in [-0.39, 0.29) is 25.0 Å². The molecule has 1 amide bonds. The van der Waals surface area contributed by atoms with E-state index in [2.05, 4.69) is 44.2 Å². The Kier molecular flexibility index (Phi) is 6.33. The van der Waals surface area contributed by atoms with Gasteiger partial charge in [0, 0.05) is 55.5 Å². The molecule has 4 aromatic rings. The highest BCUT2D eigenvalue weighted by atomic mass is 19.3. The number of aromatic nitrogens is 4. The molecule has 1 aliphatic carbocycles. The third-order valence-electron chi connectivity index (χ3n) is 8.33. The van der Waals surface area contributed by atoms with Crippen molar-refractivity contribution in [2.45, 2.75) is 31.7 Å². The zero-order valence-corrected chi connectivity index (χ0v) is 22.9. The number of H-pyrrole nitrogens is 1. The van der Waals surface area contributed by atoms with Crippen LogP contribution in [0.4, 0.5) is 26.2 Å². The zero-order chi connectivity index (χ0) is 28.1. The number of piperazine rings is 1. The molecule has 0 radical (unpaired) electrons. The maximum absolute atomic E-state index is 13.3. The Morgan fingerprint density at radius 2 is 1.85 bits per heavy atom. The van der Waals surface area contributed by atoms with Gasteiger partial charge in [-0.15, -0.1) is 0 Å². The monoisotopic (exact) mass is 558 g/mol. The molecule has 4 heterocycles. The van der Waals surface area contributed by atoms with Crippen molar-refractivity contribution in [2.75, 3.05) is 49.5 Å². The van der Waals surface area contributed by atoms with E-state index < -0.39 is 5.92 Å². The number of hydrogen-bond donors (Lipinski definition) is 2. The number of hydrogen-bond acceptors (Lipinski definition) is 7. The number of benzene rings is 2. The van der Waals surface area contributed by atoms with E-state index in [9.17, 15) is 13.6 Å². The van der Waals surface area contributed by atoms with Gasteiger partial charge in [-0.1, -0.05) is 18.2 Å². The summed E-state index contributed by atoms with van der Waals surface area (Å²) in [5.74, 6) is -0.925. The average Bonchev–Trinajstić information content (AvgIpc) is 3.75. The number of amides is 1. The fourth-order valence-corrected chi connectivity index (χ4v) is 5.72. The first-order valence-corrected chi connectivity index (χ1v) is 14.2. The maximum Gasteiger partial charge on any atom is 0.282 e. The third kappa shape index (κ3) is 5.33. The normalized spacial score (nSPS) is 19.7. The molecule has 212 valence electrons. The highest BCUT2D eigenvalue weighted by Gasteiger charge is 2.44. The van der Waals surface area contributed by atoms with Crippen LogP contribution >= 0.6 is 0 Å². The predicted molar refractivity (Wildman–Crippen MR) is 153 cm³/mol. The minimum Gasteiger partial charge on any atom is -0.344 e. The van der Waals surface area contributed by atoms with Gasteiger partial charge in [0.25, 0.3) is 5.92 Å². The van der Waals surface area contributed by atoms with Crippen molar-refractivity contribution in [1.82, 2.24) is 29.7 Å². The van der Waals surface area contributed by atoms with Crippen LogP contribution < -0.4 is 10.2 Å². The summed E-state index contributed by atoms with van der Waals surface area (Å²) >= 11 is 0. The third-order valence-corrected chi connectivity index (χ3v) is 8.33. The van der Waals surface area contributed by atoms with Gasteiger partial charge < -0.3 is 20.1 Å². The maximum atomic E-state index is 13.3. The Morgan fingerprint density at radius 3 is 2.61 bits per heavy atom. The van der Waals surface area contributed by atoms with E-state index >= 15 is 0 Å². The summed E-state index contributed by atoms with van der Waals surface area (Å²) in [6, 6.07) is 16.1. The topological polar surface area (TPSA) is 93.3 Å². The molecular formula is C30H32F2N8O. The van der Waals surface area contributed by atoms with E-state index in [0.717, 1.165) is 61.3 Å². The standard InChI is InChI=1S/C30H32F2N8O/c1-19(38-9-11-39(12-10-38)28(41)20-5-6-20)21-3-2-4-23(13-21)35-29-36-24-8-7-22(14-26(24)37-29)25-15-27(34-18-33-25)40-16-30(31,32)17-40/h2-4,7-8,13-15,18-20H,5-6,9-12,16-17H2,1H3,(H2,35,36,37). The molecule has 1 unspecified atom stereocenters. The largest absolute Gasteiger partial charge is 0.344 e. The molecule has 11 heteroatoms. The first-order valence-electron chi connectivity index (χ1n) is 14.2. The molecule has 2 aromatic heterocycles. The van der Waals surface area contributed by atoms with Crippen LogP contribution in [0.2, 0.25) is 0 Å². The number of rotatable bonds is 7. The van der Waals surface area contributed by atoms with E-state index in [1.54, 1.807) is 11.0 Å². The lowest BCUT2D eigenvalue weighted by molar-refractivity contribution is -0.134. The number of carbonyl (C=O) groups excluding carboxylic acids is 1. The van der Waals surface area contributed by atoms with Crippen molar-refractivity contribution >= 4 is 34.4 Å². The molecule has 7 rings (SSSR count). The zero-order valence-electron chi connectivity index (χ0n) is 22.9. The summed E-state index contributed by atoms with van der Waals surface area (Å²) in [5, 5.41) is 3.40. The van der Waals surface area contributed by atoms with Gasteiger partial charge in [-0.2, -0.15) is 0 Å². The lowest BCUT2D eigenvalue weighted by Crippen LogP contribution is -2.56. The van der Waals surface area contributed by atoms with E-state index in [1.807, 2.05) is 35.2 Å². The molecule has 2 saturated heterocycles. The van der Waals surface area contributed by atoms with E-state index in [1.165, 1.54) is 11.9 Å². The van der Waals surface area contributed by atoms with Crippen LogP contribution in [0.5, 0.6) is 0 Å². The Balaban J connectivity index is 1.03. The number of nitrogens with zero attached hydrogens (tertiary/aromatic N) is 6. The summed E-state index contributed by atoms with van der Waals surface area (Å²) in [4.78, 5) is 35.0. The molecular weight excluding hydrogens is 526 g/mol. The first kappa shape index (κ1) is 25.8. The quantitative estimate of drug-likeness (QED) is 0.336. The van der Waals surface area contributed by atoms with Gasteiger partial charge >= 0.3 is 0 Å². The van der Waals surface area contributed by atoms with Crippen LogP contribution in [-0.4, -0.2) is 80.8 Å². The van der Waals surface area contributed by atoms with E-state index in [0.29, 0.717) is 23.4 Å². The Hall–Kier alpha value is -4.12. The van der Waals surface area contributed by atoms with Gasteiger partial charge in [0.2, 0.25) is 11.9 Å². The second-order valence-corrected chi connectivity index (χ2v) is 11.4. The number of nitrogens with one attached hydrogen (secondary N) is 2. The van der Waals surface area contributed by atoms with Gasteiger partial charge in [-0.25, -0.2) is 23.7 Å². The van der Waals surface area contributed by atoms with Crippen LogP contribution in [0.3, 0.4) is 0 Å². The van der Waals surface area contributed by atoms with Crippen LogP contribution in [0.25, 0.3) is 22.3 Å². The second-order valence-electron chi connectivity index (χ2n) is 11.4. The minimum absolute atomic E-state index is 0.230. The van der Waals surface area contributed by atoms with Crippen LogP contribution in [-0.2, 0) is 4.79 Å². The van der Waals surface area contributed by atoms with Gasteiger partial charge in [0.05, 0.1) is 29.8 Å². The van der Waals surface area contributed by atoms with Crippen molar-refractivity contribution in [1.29, 1.82) is 0 Å². The van der Waals surface area contributed by atoms with Crippen LogP contribution in [0.15, 0.2) is 54.9 Å². The van der Waals surface area contributed by atoms with Gasteiger partial charge in [-0.05, 0) is 49.6 Å². The fraction of sp³-hybridized carbons (Fsp3) is 0.400. The number of aromatic amines is 1. The van der Waals surface area contributed by atoms with Crippen molar-refractivity contribution in [2.24, 2.45) is 5.92 Å².